The quantitative estimate of drug-likeness (QED) is 0.525. The van der Waals surface area contributed by atoms with Crippen LogP contribution in [0.1, 0.15) is 19.4 Å². The van der Waals surface area contributed by atoms with Gasteiger partial charge in [-0.2, -0.15) is 0 Å². The van der Waals surface area contributed by atoms with E-state index in [2.05, 4.69) is 47.8 Å². The van der Waals surface area contributed by atoms with E-state index in [1.165, 1.54) is 6.07 Å². The highest BCUT2D eigenvalue weighted by Gasteiger charge is 2.61. The molecule has 2 nitrogen and oxygen atoms in total. The second-order valence-electron chi connectivity index (χ2n) is 5.59. The van der Waals surface area contributed by atoms with E-state index in [0.29, 0.717) is 10.0 Å². The Kier molecular flexibility index (Phi) is 5.31. The number of benzene rings is 1. The molecule has 0 saturated heterocycles. The summed E-state index contributed by atoms with van der Waals surface area (Å²) in [7, 11) is 0. The molecule has 0 bridgehead atoms. The predicted molar refractivity (Wildman–Crippen MR) is 90.6 cm³/mol. The predicted octanol–water partition coefficient (Wildman–Crippen LogP) is 5.53. The summed E-state index contributed by atoms with van der Waals surface area (Å²) in [6.07, 6.45) is 1.95. The maximum atomic E-state index is 13.7. The van der Waals surface area contributed by atoms with Crippen molar-refractivity contribution in [1.29, 1.82) is 0 Å². The Morgan fingerprint density at radius 3 is 2.67 bits per heavy atom. The van der Waals surface area contributed by atoms with Gasteiger partial charge in [0.2, 0.25) is 0 Å². The fourth-order valence-corrected chi connectivity index (χ4v) is 3.50. The van der Waals surface area contributed by atoms with E-state index in [4.69, 9.17) is 4.74 Å². The molecule has 0 amide bonds. The van der Waals surface area contributed by atoms with E-state index in [-0.39, 0.29) is 35.6 Å². The lowest BCUT2D eigenvalue weighted by Crippen LogP contribution is -2.11. The van der Waals surface area contributed by atoms with Gasteiger partial charge in [-0.05, 0) is 55.3 Å². The van der Waals surface area contributed by atoms with E-state index < -0.39 is 0 Å². The van der Waals surface area contributed by atoms with Gasteiger partial charge in [-0.3, -0.25) is 4.79 Å². The number of ether oxygens (including phenoxy) is 1. The zero-order valence-corrected chi connectivity index (χ0v) is 16.3. The minimum absolute atomic E-state index is 0.0649. The van der Waals surface area contributed by atoms with Gasteiger partial charge < -0.3 is 4.74 Å². The van der Waals surface area contributed by atoms with Gasteiger partial charge >= 0.3 is 5.97 Å². The van der Waals surface area contributed by atoms with Crippen molar-refractivity contribution in [3.05, 3.63) is 43.5 Å². The topological polar surface area (TPSA) is 26.3 Å². The maximum Gasteiger partial charge on any atom is 0.310 e. The number of halogens is 4. The Morgan fingerprint density at radius 1 is 1.43 bits per heavy atom. The lowest BCUT2D eigenvalue weighted by atomic mass is 10.1. The molecule has 2 atom stereocenters. The molecule has 6 heteroatoms. The van der Waals surface area contributed by atoms with Gasteiger partial charge in [-0.1, -0.05) is 41.9 Å². The summed E-state index contributed by atoms with van der Waals surface area (Å²) in [6.45, 7) is 3.97. The van der Waals surface area contributed by atoms with Gasteiger partial charge in [0.1, 0.15) is 12.4 Å². The van der Waals surface area contributed by atoms with Gasteiger partial charge in [0, 0.05) is 10.0 Å². The molecule has 0 N–H and O–H groups in total. The molecule has 0 radical (unpaired) electrons. The normalized spacial score (nSPS) is 22.6. The van der Waals surface area contributed by atoms with Crippen molar-refractivity contribution >= 4 is 53.8 Å². The van der Waals surface area contributed by atoms with Crippen molar-refractivity contribution in [2.75, 3.05) is 0 Å². The van der Waals surface area contributed by atoms with Crippen LogP contribution in [0.15, 0.2) is 32.1 Å². The molecule has 1 aliphatic carbocycles. The van der Waals surface area contributed by atoms with Crippen molar-refractivity contribution in [1.82, 2.24) is 0 Å². The third-order valence-electron chi connectivity index (χ3n) is 3.89. The first-order valence-corrected chi connectivity index (χ1v) is 8.75. The van der Waals surface area contributed by atoms with Crippen LogP contribution in [-0.2, 0) is 16.1 Å². The van der Waals surface area contributed by atoms with Crippen LogP contribution < -0.4 is 0 Å². The average molecular weight is 485 g/mol. The first-order valence-electron chi connectivity index (χ1n) is 6.37. The van der Waals surface area contributed by atoms with Crippen molar-refractivity contribution in [3.63, 3.8) is 0 Å². The van der Waals surface area contributed by atoms with E-state index >= 15 is 0 Å². The zero-order chi connectivity index (χ0) is 15.8. The number of rotatable bonds is 4. The number of carbonyl (C=O) groups excluding carboxylic acids is 1. The summed E-state index contributed by atoms with van der Waals surface area (Å²) in [4.78, 5) is 12.2. The summed E-state index contributed by atoms with van der Waals surface area (Å²) in [5.41, 5.74) is 0.217. The fourth-order valence-electron chi connectivity index (χ4n) is 2.48. The highest BCUT2D eigenvalue weighted by atomic mass is 79.9. The van der Waals surface area contributed by atoms with Gasteiger partial charge in [0.25, 0.3) is 0 Å². The van der Waals surface area contributed by atoms with E-state index in [0.717, 1.165) is 3.39 Å². The Bertz CT molecular complexity index is 574. The first-order chi connectivity index (χ1) is 9.75. The largest absolute Gasteiger partial charge is 0.460 e. The lowest BCUT2D eigenvalue weighted by molar-refractivity contribution is -0.147. The van der Waals surface area contributed by atoms with Gasteiger partial charge in [-0.15, -0.1) is 0 Å². The van der Waals surface area contributed by atoms with Gasteiger partial charge in [-0.25, -0.2) is 4.39 Å². The van der Waals surface area contributed by atoms with Crippen LogP contribution in [0.3, 0.4) is 0 Å². The smallest absolute Gasteiger partial charge is 0.310 e. The molecule has 0 aromatic heterocycles. The van der Waals surface area contributed by atoms with Gasteiger partial charge in [0.15, 0.2) is 0 Å². The van der Waals surface area contributed by atoms with E-state index in [1.54, 1.807) is 12.1 Å². The molecule has 1 aromatic carbocycles. The SMILES string of the molecule is CC1(C)[C@H](C=C(Br)Br)[C@@H]1C(=O)OCc1c(F)cccc1Br. The highest BCUT2D eigenvalue weighted by molar-refractivity contribution is 9.28. The molecule has 0 heterocycles. The molecule has 21 heavy (non-hydrogen) atoms. The summed E-state index contributed by atoms with van der Waals surface area (Å²) in [5, 5.41) is 0. The summed E-state index contributed by atoms with van der Waals surface area (Å²) in [5.74, 6) is -0.763. The molecule has 0 unspecified atom stereocenters. The zero-order valence-electron chi connectivity index (χ0n) is 11.5. The molecule has 0 aliphatic heterocycles. The highest BCUT2D eigenvalue weighted by Crippen LogP contribution is 2.60. The summed E-state index contributed by atoms with van der Waals surface area (Å²) in [6, 6.07) is 4.67. The summed E-state index contributed by atoms with van der Waals surface area (Å²) < 4.78 is 20.4. The minimum atomic E-state index is -0.383. The number of esters is 1. The van der Waals surface area contributed by atoms with E-state index in [1.807, 2.05) is 19.9 Å². The van der Waals surface area contributed by atoms with Crippen LogP contribution in [0.2, 0.25) is 0 Å². The van der Waals surface area contributed by atoms with Crippen molar-refractivity contribution in [2.24, 2.45) is 17.3 Å². The van der Waals surface area contributed by atoms with Crippen LogP contribution in [0.5, 0.6) is 0 Å². The summed E-state index contributed by atoms with van der Waals surface area (Å²) >= 11 is 9.88. The first kappa shape index (κ1) is 17.2. The molecule has 1 fully saturated rings. The third kappa shape index (κ3) is 3.77. The number of carbonyl (C=O) groups is 1. The molecular formula is C15H14Br3FO2. The monoisotopic (exact) mass is 482 g/mol. The van der Waals surface area contributed by atoms with Crippen LogP contribution in [-0.4, -0.2) is 5.97 Å². The molecule has 114 valence electrons. The van der Waals surface area contributed by atoms with Crippen LogP contribution in [0.4, 0.5) is 4.39 Å². The lowest BCUT2D eigenvalue weighted by Gasteiger charge is -2.08. The molecule has 1 aliphatic rings. The fraction of sp³-hybridized carbons (Fsp3) is 0.400. The van der Waals surface area contributed by atoms with Crippen molar-refractivity contribution in [2.45, 2.75) is 20.5 Å². The molecular weight excluding hydrogens is 471 g/mol. The van der Waals surface area contributed by atoms with E-state index in [9.17, 15) is 9.18 Å². The third-order valence-corrected chi connectivity index (χ3v) is 5.16. The second kappa shape index (κ2) is 6.50. The number of hydrogen-bond donors (Lipinski definition) is 0. The van der Waals surface area contributed by atoms with Crippen LogP contribution >= 0.6 is 47.8 Å². The Balaban J connectivity index is 2.02. The van der Waals surface area contributed by atoms with Gasteiger partial charge in [0.05, 0.1) is 9.31 Å². The number of hydrogen-bond acceptors (Lipinski definition) is 2. The minimum Gasteiger partial charge on any atom is -0.460 e. The van der Waals surface area contributed by atoms with Crippen molar-refractivity contribution in [3.8, 4) is 0 Å². The molecule has 1 aromatic rings. The molecule has 0 spiro atoms. The van der Waals surface area contributed by atoms with Crippen LogP contribution in [0.25, 0.3) is 0 Å². The molecule has 2 rings (SSSR count). The Hall–Kier alpha value is -0.200. The Morgan fingerprint density at radius 2 is 2.10 bits per heavy atom. The maximum absolute atomic E-state index is 13.7. The second-order valence-corrected chi connectivity index (χ2v) is 9.22. The Labute approximate surface area is 148 Å². The number of allylic oxidation sites excluding steroid dienone is 1. The van der Waals surface area contributed by atoms with Crippen molar-refractivity contribution < 1.29 is 13.9 Å². The van der Waals surface area contributed by atoms with Crippen LogP contribution in [0, 0.1) is 23.1 Å². The molecule has 1 saturated carbocycles. The average Bonchev–Trinajstić information content (AvgIpc) is 2.89. The standard InChI is InChI=1S/C15H14Br3FO2/c1-15(2)9(6-12(17)18)13(15)14(20)21-7-8-10(16)4-3-5-11(8)19/h3-6,9,13H,7H2,1-2H3/t9-,13-/m1/s1.